The van der Waals surface area contributed by atoms with Gasteiger partial charge in [0.1, 0.15) is 5.76 Å². The minimum Gasteiger partial charge on any atom is -0.481 e. The Kier molecular flexibility index (Phi) is 4.64. The van der Waals surface area contributed by atoms with Crippen LogP contribution in [0, 0.1) is 5.92 Å². The molecule has 3 rings (SSSR count). The third kappa shape index (κ3) is 3.10. The number of likely N-dealkylation sites (tertiary alicyclic amines) is 1. The molecule has 0 radical (unpaired) electrons. The van der Waals surface area contributed by atoms with Crippen LogP contribution in [0.15, 0.2) is 51.6 Å². The Bertz CT molecular complexity index is 641. The van der Waals surface area contributed by atoms with Gasteiger partial charge in [-0.1, -0.05) is 34.1 Å². The number of piperidine rings is 1. The summed E-state index contributed by atoms with van der Waals surface area (Å²) in [6, 6.07) is 11.8. The van der Waals surface area contributed by atoms with Gasteiger partial charge in [0.2, 0.25) is 0 Å². The molecule has 116 valence electrons. The lowest BCUT2D eigenvalue weighted by molar-refractivity contribution is -0.143. The summed E-state index contributed by atoms with van der Waals surface area (Å²) in [7, 11) is 0. The van der Waals surface area contributed by atoms with Gasteiger partial charge in [0.05, 0.1) is 18.2 Å². The number of halogens is 1. The summed E-state index contributed by atoms with van der Waals surface area (Å²) in [6.07, 6.45) is 3.29. The molecule has 1 N–H and O–H groups in total. The molecular formula is C17H18BrNO3. The molecule has 2 heterocycles. The van der Waals surface area contributed by atoms with Gasteiger partial charge in [-0.05, 0) is 43.1 Å². The van der Waals surface area contributed by atoms with Gasteiger partial charge >= 0.3 is 5.97 Å². The summed E-state index contributed by atoms with van der Waals surface area (Å²) in [4.78, 5) is 13.6. The molecule has 0 bridgehead atoms. The van der Waals surface area contributed by atoms with Crippen LogP contribution in [0.25, 0.3) is 0 Å². The van der Waals surface area contributed by atoms with Crippen LogP contribution in [-0.4, -0.2) is 29.1 Å². The molecule has 0 amide bonds. The van der Waals surface area contributed by atoms with E-state index in [4.69, 9.17) is 4.42 Å². The highest BCUT2D eigenvalue weighted by molar-refractivity contribution is 9.10. The number of hydrogen-bond donors (Lipinski definition) is 1. The number of benzene rings is 1. The molecule has 2 unspecified atom stereocenters. The van der Waals surface area contributed by atoms with Crippen LogP contribution in [0.2, 0.25) is 0 Å². The zero-order valence-corrected chi connectivity index (χ0v) is 13.7. The Labute approximate surface area is 137 Å². The summed E-state index contributed by atoms with van der Waals surface area (Å²) in [5, 5.41) is 9.33. The maximum atomic E-state index is 11.4. The van der Waals surface area contributed by atoms with Crippen molar-refractivity contribution in [1.82, 2.24) is 4.90 Å². The third-order valence-corrected chi connectivity index (χ3v) is 4.90. The molecule has 22 heavy (non-hydrogen) atoms. The first-order valence-electron chi connectivity index (χ1n) is 7.41. The number of aliphatic carboxylic acids is 1. The van der Waals surface area contributed by atoms with Crippen molar-refractivity contribution in [3.8, 4) is 0 Å². The first-order chi connectivity index (χ1) is 10.7. The summed E-state index contributed by atoms with van der Waals surface area (Å²) in [5.74, 6) is -0.179. The average molecular weight is 364 g/mol. The number of rotatable bonds is 4. The maximum absolute atomic E-state index is 11.4. The number of hydrogen-bond acceptors (Lipinski definition) is 3. The Morgan fingerprint density at radius 2 is 2.14 bits per heavy atom. The molecule has 0 aliphatic carbocycles. The second-order valence-electron chi connectivity index (χ2n) is 5.61. The van der Waals surface area contributed by atoms with Gasteiger partial charge in [0.25, 0.3) is 0 Å². The molecule has 2 atom stereocenters. The number of carboxylic acids is 1. The smallest absolute Gasteiger partial charge is 0.307 e. The zero-order chi connectivity index (χ0) is 15.5. The first-order valence-corrected chi connectivity index (χ1v) is 8.21. The Hall–Kier alpha value is -1.59. The number of nitrogens with zero attached hydrogens (tertiary/aromatic N) is 1. The van der Waals surface area contributed by atoms with Crippen LogP contribution >= 0.6 is 15.9 Å². The van der Waals surface area contributed by atoms with E-state index in [9.17, 15) is 9.90 Å². The average Bonchev–Trinajstić information content (AvgIpc) is 3.04. The van der Waals surface area contributed by atoms with Crippen LogP contribution < -0.4 is 0 Å². The highest BCUT2D eigenvalue weighted by Gasteiger charge is 2.33. The van der Waals surface area contributed by atoms with Crippen molar-refractivity contribution in [2.75, 3.05) is 13.1 Å². The van der Waals surface area contributed by atoms with Crippen LogP contribution in [0.1, 0.15) is 30.2 Å². The van der Waals surface area contributed by atoms with Crippen molar-refractivity contribution in [2.24, 2.45) is 5.92 Å². The predicted molar refractivity (Wildman–Crippen MR) is 86.6 cm³/mol. The van der Waals surface area contributed by atoms with E-state index in [2.05, 4.69) is 26.9 Å². The SMILES string of the molecule is O=C(O)C1CCCN(C(c2ccco2)c2ccccc2Br)C1. The van der Waals surface area contributed by atoms with E-state index in [0.29, 0.717) is 6.54 Å². The largest absolute Gasteiger partial charge is 0.481 e. The van der Waals surface area contributed by atoms with Crippen LogP contribution in [0.3, 0.4) is 0 Å². The second-order valence-corrected chi connectivity index (χ2v) is 6.47. The molecule has 0 saturated carbocycles. The lowest BCUT2D eigenvalue weighted by Gasteiger charge is -2.36. The quantitative estimate of drug-likeness (QED) is 0.893. The summed E-state index contributed by atoms with van der Waals surface area (Å²) in [5.41, 5.74) is 1.10. The van der Waals surface area contributed by atoms with Gasteiger partial charge in [0.15, 0.2) is 0 Å². The molecule has 1 aliphatic rings. The van der Waals surface area contributed by atoms with Crippen LogP contribution in [-0.2, 0) is 4.79 Å². The molecule has 1 aliphatic heterocycles. The van der Waals surface area contributed by atoms with Crippen molar-refractivity contribution in [2.45, 2.75) is 18.9 Å². The molecule has 4 nitrogen and oxygen atoms in total. The van der Waals surface area contributed by atoms with Gasteiger partial charge in [-0.15, -0.1) is 0 Å². The molecule has 1 saturated heterocycles. The Morgan fingerprint density at radius 1 is 1.32 bits per heavy atom. The topological polar surface area (TPSA) is 53.7 Å². The summed E-state index contributed by atoms with van der Waals surface area (Å²) >= 11 is 3.61. The highest BCUT2D eigenvalue weighted by Crippen LogP contribution is 2.36. The number of furan rings is 1. The fourth-order valence-electron chi connectivity index (χ4n) is 3.12. The molecule has 2 aromatic rings. The van der Waals surface area contributed by atoms with E-state index >= 15 is 0 Å². The second kappa shape index (κ2) is 6.67. The molecule has 5 heteroatoms. The normalized spacial score (nSPS) is 20.7. The van der Waals surface area contributed by atoms with E-state index < -0.39 is 5.97 Å². The van der Waals surface area contributed by atoms with E-state index in [1.165, 1.54) is 0 Å². The Morgan fingerprint density at radius 3 is 2.82 bits per heavy atom. The standard InChI is InChI=1S/C17H18BrNO3/c18-14-7-2-1-6-13(14)16(15-8-4-10-22-15)19-9-3-5-12(11-19)17(20)21/h1-2,4,6-8,10,12,16H,3,5,9,11H2,(H,20,21). The molecule has 1 fully saturated rings. The van der Waals surface area contributed by atoms with Gasteiger partial charge in [-0.3, -0.25) is 9.69 Å². The van der Waals surface area contributed by atoms with Crippen molar-refractivity contribution < 1.29 is 14.3 Å². The van der Waals surface area contributed by atoms with Gasteiger partial charge in [0, 0.05) is 11.0 Å². The summed E-state index contributed by atoms with van der Waals surface area (Å²) < 4.78 is 6.65. The van der Waals surface area contributed by atoms with Crippen LogP contribution in [0.4, 0.5) is 0 Å². The van der Waals surface area contributed by atoms with Crippen molar-refractivity contribution in [3.05, 3.63) is 58.5 Å². The van der Waals surface area contributed by atoms with Crippen LogP contribution in [0.5, 0.6) is 0 Å². The molecule has 1 aromatic heterocycles. The van der Waals surface area contributed by atoms with Crippen molar-refractivity contribution >= 4 is 21.9 Å². The predicted octanol–water partition coefficient (Wildman–Crippen LogP) is 3.93. The minimum atomic E-state index is -0.713. The zero-order valence-electron chi connectivity index (χ0n) is 12.1. The monoisotopic (exact) mass is 363 g/mol. The first kappa shape index (κ1) is 15.3. The van der Waals surface area contributed by atoms with Gasteiger partial charge < -0.3 is 9.52 Å². The van der Waals surface area contributed by atoms with Crippen molar-refractivity contribution in [1.29, 1.82) is 0 Å². The van der Waals surface area contributed by atoms with E-state index in [1.54, 1.807) is 6.26 Å². The number of carbonyl (C=O) groups is 1. The summed E-state index contributed by atoms with van der Waals surface area (Å²) in [6.45, 7) is 1.42. The fraction of sp³-hybridized carbons (Fsp3) is 0.353. The third-order valence-electron chi connectivity index (χ3n) is 4.18. The highest BCUT2D eigenvalue weighted by atomic mass is 79.9. The Balaban J connectivity index is 1.96. The van der Waals surface area contributed by atoms with E-state index in [0.717, 1.165) is 35.2 Å². The van der Waals surface area contributed by atoms with E-state index in [-0.39, 0.29) is 12.0 Å². The molecule has 1 aromatic carbocycles. The number of carboxylic acid groups (broad SMARTS) is 1. The minimum absolute atomic E-state index is 0.0623. The van der Waals surface area contributed by atoms with Crippen molar-refractivity contribution in [3.63, 3.8) is 0 Å². The lowest BCUT2D eigenvalue weighted by atomic mass is 9.94. The molecular weight excluding hydrogens is 346 g/mol. The molecule has 0 spiro atoms. The van der Waals surface area contributed by atoms with Gasteiger partial charge in [-0.2, -0.15) is 0 Å². The fourth-order valence-corrected chi connectivity index (χ4v) is 3.62. The van der Waals surface area contributed by atoms with Gasteiger partial charge in [-0.25, -0.2) is 0 Å². The maximum Gasteiger partial charge on any atom is 0.307 e. The van der Waals surface area contributed by atoms with E-state index in [1.807, 2.05) is 30.3 Å². The lowest BCUT2D eigenvalue weighted by Crippen LogP contribution is -2.41.